The van der Waals surface area contributed by atoms with E-state index in [9.17, 15) is 8.42 Å². The molecular weight excluding hydrogens is 438 g/mol. The predicted molar refractivity (Wildman–Crippen MR) is 128 cm³/mol. The number of aryl methyl sites for hydroxylation is 1. The Labute approximate surface area is 193 Å². The van der Waals surface area contributed by atoms with Crippen LogP contribution in [0.15, 0.2) is 83.8 Å². The van der Waals surface area contributed by atoms with Crippen molar-refractivity contribution in [2.75, 3.05) is 11.8 Å². The summed E-state index contributed by atoms with van der Waals surface area (Å²) in [6.07, 6.45) is 0. The second kappa shape index (κ2) is 9.38. The Morgan fingerprint density at radius 3 is 2.27 bits per heavy atom. The number of benzene rings is 3. The maximum absolute atomic E-state index is 12.9. The molecule has 0 spiro atoms. The third-order valence-electron chi connectivity index (χ3n) is 5.20. The van der Waals surface area contributed by atoms with Gasteiger partial charge in [0.1, 0.15) is 17.2 Å². The zero-order valence-corrected chi connectivity index (χ0v) is 19.5. The average Bonchev–Trinajstić information content (AvgIpc) is 3.07. The third kappa shape index (κ3) is 5.18. The summed E-state index contributed by atoms with van der Waals surface area (Å²) >= 11 is 0. The molecule has 7 nitrogen and oxygen atoms in total. The van der Waals surface area contributed by atoms with E-state index in [2.05, 4.69) is 9.82 Å². The van der Waals surface area contributed by atoms with Crippen LogP contribution in [0.1, 0.15) is 17.0 Å². The monoisotopic (exact) mass is 463 g/mol. The minimum absolute atomic E-state index is 0.153. The number of aromatic nitrogens is 2. The minimum atomic E-state index is -3.76. The zero-order chi connectivity index (χ0) is 23.4. The first kappa shape index (κ1) is 22.4. The summed E-state index contributed by atoms with van der Waals surface area (Å²) in [5, 5.41) is 4.55. The van der Waals surface area contributed by atoms with Gasteiger partial charge in [-0.15, -0.1) is 0 Å². The van der Waals surface area contributed by atoms with Gasteiger partial charge >= 0.3 is 0 Å². The van der Waals surface area contributed by atoms with Crippen LogP contribution in [0, 0.1) is 13.8 Å². The van der Waals surface area contributed by atoms with E-state index >= 15 is 0 Å². The standard InChI is InChI=1S/C25H25N3O4S/c1-18-25(27-33(29,30)24-14-12-21(31-3)13-15-24)19(2)28(26-18)17-20-8-7-11-23(16-20)32-22-9-5-4-6-10-22/h4-16,27H,17H2,1-3H3. The van der Waals surface area contributed by atoms with E-state index in [1.807, 2.05) is 61.5 Å². The summed E-state index contributed by atoms with van der Waals surface area (Å²) < 4.78 is 41.3. The van der Waals surface area contributed by atoms with Crippen LogP contribution in [-0.2, 0) is 16.6 Å². The number of hydrogen-bond acceptors (Lipinski definition) is 5. The van der Waals surface area contributed by atoms with Gasteiger partial charge in [0.25, 0.3) is 10.0 Å². The van der Waals surface area contributed by atoms with Crippen molar-refractivity contribution in [3.8, 4) is 17.2 Å². The number of ether oxygens (including phenoxy) is 2. The molecule has 0 atom stereocenters. The summed E-state index contributed by atoms with van der Waals surface area (Å²) in [6, 6.07) is 23.6. The molecule has 0 aliphatic heterocycles. The van der Waals surface area contributed by atoms with Gasteiger partial charge in [0, 0.05) is 0 Å². The van der Waals surface area contributed by atoms with Gasteiger partial charge in [-0.1, -0.05) is 30.3 Å². The molecule has 8 heteroatoms. The molecule has 4 rings (SSSR count). The van der Waals surface area contributed by atoms with Gasteiger partial charge in [-0.25, -0.2) is 8.42 Å². The molecule has 0 bridgehead atoms. The number of hydrogen-bond donors (Lipinski definition) is 1. The van der Waals surface area contributed by atoms with Crippen LogP contribution in [0.3, 0.4) is 0 Å². The molecule has 0 amide bonds. The van der Waals surface area contributed by atoms with Gasteiger partial charge in [0.15, 0.2) is 0 Å². The fourth-order valence-corrected chi connectivity index (χ4v) is 4.63. The number of methoxy groups -OCH3 is 1. The number of rotatable bonds is 8. The average molecular weight is 464 g/mol. The second-order valence-electron chi connectivity index (χ2n) is 7.55. The zero-order valence-electron chi connectivity index (χ0n) is 18.6. The highest BCUT2D eigenvalue weighted by Gasteiger charge is 2.20. The highest BCUT2D eigenvalue weighted by Crippen LogP contribution is 2.26. The maximum Gasteiger partial charge on any atom is 0.262 e. The largest absolute Gasteiger partial charge is 0.497 e. The van der Waals surface area contributed by atoms with Crippen molar-refractivity contribution in [3.63, 3.8) is 0 Å². The highest BCUT2D eigenvalue weighted by molar-refractivity contribution is 7.92. The molecule has 0 aliphatic rings. The Morgan fingerprint density at radius 1 is 0.879 bits per heavy atom. The fraction of sp³-hybridized carbons (Fsp3) is 0.160. The lowest BCUT2D eigenvalue weighted by atomic mass is 10.2. The minimum Gasteiger partial charge on any atom is -0.497 e. The Bertz CT molecular complexity index is 1350. The Hall–Kier alpha value is -3.78. The van der Waals surface area contributed by atoms with Crippen molar-refractivity contribution in [1.29, 1.82) is 0 Å². The topological polar surface area (TPSA) is 82.5 Å². The molecule has 3 aromatic carbocycles. The molecule has 0 aliphatic carbocycles. The molecule has 1 aromatic heterocycles. The van der Waals surface area contributed by atoms with Gasteiger partial charge in [0.2, 0.25) is 0 Å². The third-order valence-corrected chi connectivity index (χ3v) is 6.56. The normalized spacial score (nSPS) is 11.2. The molecule has 4 aromatic rings. The number of anilines is 1. The van der Waals surface area contributed by atoms with E-state index in [1.165, 1.54) is 19.2 Å². The molecular formula is C25H25N3O4S. The van der Waals surface area contributed by atoms with E-state index in [0.717, 1.165) is 22.8 Å². The first-order valence-corrected chi connectivity index (χ1v) is 11.9. The first-order valence-electron chi connectivity index (χ1n) is 10.4. The summed E-state index contributed by atoms with van der Waals surface area (Å²) in [4.78, 5) is 0.153. The van der Waals surface area contributed by atoms with E-state index in [1.54, 1.807) is 23.7 Å². The Kier molecular flexibility index (Phi) is 6.37. The summed E-state index contributed by atoms with van der Waals surface area (Å²) in [5.74, 6) is 2.07. The lowest BCUT2D eigenvalue weighted by Crippen LogP contribution is -2.14. The van der Waals surface area contributed by atoms with E-state index < -0.39 is 10.0 Å². The number of nitrogens with zero attached hydrogens (tertiary/aromatic N) is 2. The lowest BCUT2D eigenvalue weighted by molar-refractivity contribution is 0.414. The lowest BCUT2D eigenvalue weighted by Gasteiger charge is -2.11. The highest BCUT2D eigenvalue weighted by atomic mass is 32.2. The smallest absolute Gasteiger partial charge is 0.262 e. The molecule has 0 unspecified atom stereocenters. The number of sulfonamides is 1. The number of nitrogens with one attached hydrogen (secondary N) is 1. The summed E-state index contributed by atoms with van der Waals surface area (Å²) in [7, 11) is -2.23. The Morgan fingerprint density at radius 2 is 1.58 bits per heavy atom. The van der Waals surface area contributed by atoms with Crippen LogP contribution >= 0.6 is 0 Å². The fourth-order valence-electron chi connectivity index (χ4n) is 3.45. The van der Waals surface area contributed by atoms with Crippen LogP contribution in [0.2, 0.25) is 0 Å². The van der Waals surface area contributed by atoms with Crippen LogP contribution in [-0.4, -0.2) is 25.3 Å². The van der Waals surface area contributed by atoms with Crippen molar-refractivity contribution in [1.82, 2.24) is 9.78 Å². The van der Waals surface area contributed by atoms with Gasteiger partial charge < -0.3 is 9.47 Å². The molecule has 170 valence electrons. The molecule has 1 heterocycles. The summed E-state index contributed by atoms with van der Waals surface area (Å²) in [5.41, 5.74) is 2.78. The van der Waals surface area contributed by atoms with Crippen molar-refractivity contribution in [2.24, 2.45) is 0 Å². The molecule has 1 N–H and O–H groups in total. The van der Waals surface area contributed by atoms with Crippen LogP contribution in [0.5, 0.6) is 17.2 Å². The van der Waals surface area contributed by atoms with Crippen molar-refractivity contribution in [3.05, 3.63) is 95.8 Å². The van der Waals surface area contributed by atoms with Crippen molar-refractivity contribution >= 4 is 15.7 Å². The predicted octanol–water partition coefficient (Wildman–Crippen LogP) is 5.15. The van der Waals surface area contributed by atoms with E-state index in [-0.39, 0.29) is 4.90 Å². The molecule has 0 radical (unpaired) electrons. The molecule has 0 saturated carbocycles. The van der Waals surface area contributed by atoms with E-state index in [4.69, 9.17) is 9.47 Å². The number of para-hydroxylation sites is 1. The van der Waals surface area contributed by atoms with E-state index in [0.29, 0.717) is 23.7 Å². The molecule has 0 saturated heterocycles. The van der Waals surface area contributed by atoms with Crippen molar-refractivity contribution in [2.45, 2.75) is 25.3 Å². The molecule has 0 fully saturated rings. The van der Waals surface area contributed by atoms with Crippen LogP contribution in [0.4, 0.5) is 5.69 Å². The van der Waals surface area contributed by atoms with Gasteiger partial charge in [0.05, 0.1) is 35.6 Å². The van der Waals surface area contributed by atoms with Gasteiger partial charge in [-0.2, -0.15) is 5.10 Å². The maximum atomic E-state index is 12.9. The first-order chi connectivity index (χ1) is 15.9. The quantitative estimate of drug-likeness (QED) is 0.391. The molecule has 33 heavy (non-hydrogen) atoms. The van der Waals surface area contributed by atoms with Gasteiger partial charge in [-0.05, 0) is 67.9 Å². The van der Waals surface area contributed by atoms with Crippen LogP contribution in [0.25, 0.3) is 0 Å². The second-order valence-corrected chi connectivity index (χ2v) is 9.23. The Balaban J connectivity index is 1.53. The van der Waals surface area contributed by atoms with Gasteiger partial charge in [-0.3, -0.25) is 9.40 Å². The SMILES string of the molecule is COc1ccc(S(=O)(=O)Nc2c(C)nn(Cc3cccc(Oc4ccccc4)c3)c2C)cc1. The summed E-state index contributed by atoms with van der Waals surface area (Å²) in [6.45, 7) is 4.10. The van der Waals surface area contributed by atoms with Crippen LogP contribution < -0.4 is 14.2 Å². The van der Waals surface area contributed by atoms with Crippen molar-refractivity contribution < 1.29 is 17.9 Å².